The van der Waals surface area contributed by atoms with Crippen molar-refractivity contribution in [2.24, 2.45) is 0 Å². The van der Waals surface area contributed by atoms with E-state index >= 15 is 0 Å². The Balaban J connectivity index is 3.17. The van der Waals surface area contributed by atoms with Gasteiger partial charge in [-0.3, -0.25) is 9.59 Å². The van der Waals surface area contributed by atoms with E-state index in [9.17, 15) is 19.2 Å². The monoisotopic (exact) mass is 362 g/mol. The molecule has 140 valence electrons. The molecule has 0 aliphatic carbocycles. The van der Waals surface area contributed by atoms with Crippen LogP contribution in [0.4, 0.5) is 11.4 Å². The summed E-state index contributed by atoms with van der Waals surface area (Å²) in [6, 6.07) is 5.78. The first-order chi connectivity index (χ1) is 12.3. The van der Waals surface area contributed by atoms with Gasteiger partial charge in [0.2, 0.25) is 11.3 Å². The predicted octanol–water partition coefficient (Wildman–Crippen LogP) is 1.45. The van der Waals surface area contributed by atoms with Crippen molar-refractivity contribution in [3.05, 3.63) is 46.3 Å². The van der Waals surface area contributed by atoms with Crippen molar-refractivity contribution < 1.29 is 23.9 Å². The molecule has 0 spiro atoms. The number of hydrogen-bond donors (Lipinski definition) is 1. The molecule has 0 aliphatic rings. The van der Waals surface area contributed by atoms with E-state index in [4.69, 9.17) is 9.47 Å². The van der Waals surface area contributed by atoms with E-state index in [1.165, 1.54) is 30.0 Å². The number of anilines is 2. The Morgan fingerprint density at radius 3 is 2.08 bits per heavy atom. The average Bonchev–Trinajstić information content (AvgIpc) is 2.77. The van der Waals surface area contributed by atoms with Crippen LogP contribution in [0.25, 0.3) is 0 Å². The Bertz CT molecular complexity index is 752. The number of carbonyl (C=O) groups excluding carboxylic acids is 3. The van der Waals surface area contributed by atoms with Crippen LogP contribution in [0.2, 0.25) is 0 Å². The fourth-order valence-electron chi connectivity index (χ4n) is 1.85. The predicted molar refractivity (Wildman–Crippen MR) is 96.8 cm³/mol. The van der Waals surface area contributed by atoms with Crippen LogP contribution < -0.4 is 15.6 Å². The summed E-state index contributed by atoms with van der Waals surface area (Å²) in [4.78, 5) is 48.7. The minimum Gasteiger partial charge on any atom is -0.462 e. The standard InChI is InChI=1S/C18H22N2O6/c1-5-25-17(23)14(18(24)26-6-2)11-19-15-9-7-13(8-10-16(15)22)20(4)12(3)21/h7-11H,5-6H2,1-4H3,(H,19,22). The van der Waals surface area contributed by atoms with Crippen LogP contribution in [0.3, 0.4) is 0 Å². The third-order valence-electron chi connectivity index (χ3n) is 3.31. The first-order valence-corrected chi connectivity index (χ1v) is 8.01. The summed E-state index contributed by atoms with van der Waals surface area (Å²) in [5.74, 6) is -1.91. The molecular weight excluding hydrogens is 340 g/mol. The minimum atomic E-state index is -0.858. The highest BCUT2D eigenvalue weighted by molar-refractivity contribution is 6.14. The van der Waals surface area contributed by atoms with Crippen molar-refractivity contribution in [1.29, 1.82) is 0 Å². The summed E-state index contributed by atoms with van der Waals surface area (Å²) in [6.07, 6.45) is 1.07. The third kappa shape index (κ3) is 5.73. The SMILES string of the molecule is CCOC(=O)C(=CNc1ccc(N(C)C(C)=O)ccc1=O)C(=O)OCC. The van der Waals surface area contributed by atoms with Crippen LogP contribution in [0.1, 0.15) is 20.8 Å². The van der Waals surface area contributed by atoms with Crippen molar-refractivity contribution in [2.75, 3.05) is 30.5 Å². The van der Waals surface area contributed by atoms with E-state index in [1.54, 1.807) is 27.0 Å². The van der Waals surface area contributed by atoms with E-state index < -0.39 is 17.4 Å². The first-order valence-electron chi connectivity index (χ1n) is 8.01. The maximum atomic E-state index is 12.1. The van der Waals surface area contributed by atoms with Crippen LogP contribution in [-0.2, 0) is 23.9 Å². The van der Waals surface area contributed by atoms with Gasteiger partial charge in [0.1, 0.15) is 0 Å². The van der Waals surface area contributed by atoms with Crippen molar-refractivity contribution >= 4 is 29.2 Å². The molecule has 1 rings (SSSR count). The van der Waals surface area contributed by atoms with Gasteiger partial charge in [-0.15, -0.1) is 0 Å². The third-order valence-corrected chi connectivity index (χ3v) is 3.31. The molecule has 0 bridgehead atoms. The second-order valence-corrected chi connectivity index (χ2v) is 5.09. The molecule has 26 heavy (non-hydrogen) atoms. The molecule has 8 nitrogen and oxygen atoms in total. The molecule has 0 saturated heterocycles. The Morgan fingerprint density at radius 2 is 1.58 bits per heavy atom. The molecule has 1 N–H and O–H groups in total. The number of carbonyl (C=O) groups is 3. The van der Waals surface area contributed by atoms with Gasteiger partial charge in [-0.05, 0) is 38.1 Å². The molecule has 1 amide bonds. The Kier molecular flexibility index (Phi) is 8.01. The molecular formula is C18H22N2O6. The lowest BCUT2D eigenvalue weighted by molar-refractivity contribution is -0.146. The second-order valence-electron chi connectivity index (χ2n) is 5.09. The van der Waals surface area contributed by atoms with Crippen molar-refractivity contribution in [3.63, 3.8) is 0 Å². The highest BCUT2D eigenvalue weighted by Crippen LogP contribution is 2.12. The summed E-state index contributed by atoms with van der Waals surface area (Å²) in [7, 11) is 1.58. The highest BCUT2D eigenvalue weighted by atomic mass is 16.6. The molecule has 0 unspecified atom stereocenters. The molecule has 1 aromatic rings. The van der Waals surface area contributed by atoms with Gasteiger partial charge in [0.15, 0.2) is 5.57 Å². The molecule has 0 radical (unpaired) electrons. The van der Waals surface area contributed by atoms with E-state index in [2.05, 4.69) is 5.32 Å². The van der Waals surface area contributed by atoms with Crippen LogP contribution in [-0.4, -0.2) is 38.1 Å². The zero-order chi connectivity index (χ0) is 19.7. The maximum Gasteiger partial charge on any atom is 0.347 e. The van der Waals surface area contributed by atoms with E-state index in [1.807, 2.05) is 0 Å². The zero-order valence-electron chi connectivity index (χ0n) is 15.2. The van der Waals surface area contributed by atoms with Crippen molar-refractivity contribution in [3.8, 4) is 0 Å². The van der Waals surface area contributed by atoms with Crippen molar-refractivity contribution in [1.82, 2.24) is 0 Å². The molecule has 1 aromatic carbocycles. The number of nitrogens with zero attached hydrogens (tertiary/aromatic N) is 1. The normalized spacial score (nSPS) is 9.69. The smallest absolute Gasteiger partial charge is 0.347 e. The average molecular weight is 362 g/mol. The van der Waals surface area contributed by atoms with E-state index in [0.29, 0.717) is 5.69 Å². The van der Waals surface area contributed by atoms with Gasteiger partial charge in [-0.1, -0.05) is 0 Å². The Labute approximate surface area is 151 Å². The second kappa shape index (κ2) is 9.97. The lowest BCUT2D eigenvalue weighted by atomic mass is 10.3. The molecule has 0 saturated carbocycles. The van der Waals surface area contributed by atoms with Crippen molar-refractivity contribution in [2.45, 2.75) is 20.8 Å². The van der Waals surface area contributed by atoms with Gasteiger partial charge in [0, 0.05) is 25.9 Å². The number of rotatable bonds is 7. The summed E-state index contributed by atoms with van der Waals surface area (Å²) < 4.78 is 9.63. The van der Waals surface area contributed by atoms with E-state index in [-0.39, 0.29) is 30.4 Å². The lowest BCUT2D eigenvalue weighted by Crippen LogP contribution is -2.22. The summed E-state index contributed by atoms with van der Waals surface area (Å²) >= 11 is 0. The maximum absolute atomic E-state index is 12.1. The Hall–Kier alpha value is -3.16. The number of ether oxygens (including phenoxy) is 2. The number of esters is 2. The lowest BCUT2D eigenvalue weighted by Gasteiger charge is -2.12. The van der Waals surface area contributed by atoms with Crippen LogP contribution in [0, 0.1) is 0 Å². The molecule has 0 aliphatic heterocycles. The van der Waals surface area contributed by atoms with Gasteiger partial charge in [-0.25, -0.2) is 9.59 Å². The van der Waals surface area contributed by atoms with Gasteiger partial charge < -0.3 is 19.7 Å². The first kappa shape index (κ1) is 20.9. The van der Waals surface area contributed by atoms with Gasteiger partial charge >= 0.3 is 11.9 Å². The molecule has 0 heterocycles. The molecule has 0 aromatic heterocycles. The number of hydrogen-bond acceptors (Lipinski definition) is 7. The van der Waals surface area contributed by atoms with Crippen LogP contribution in [0.15, 0.2) is 40.8 Å². The fourth-order valence-corrected chi connectivity index (χ4v) is 1.85. The highest BCUT2D eigenvalue weighted by Gasteiger charge is 2.21. The van der Waals surface area contributed by atoms with Gasteiger partial charge in [0.25, 0.3) is 0 Å². The van der Waals surface area contributed by atoms with Gasteiger partial charge in [-0.2, -0.15) is 0 Å². The van der Waals surface area contributed by atoms with E-state index in [0.717, 1.165) is 6.20 Å². The van der Waals surface area contributed by atoms with Gasteiger partial charge in [0.05, 0.1) is 18.9 Å². The summed E-state index contributed by atoms with van der Waals surface area (Å²) in [5.41, 5.74) is -0.126. The quantitative estimate of drug-likeness (QED) is 0.339. The fraction of sp³-hybridized carbons (Fsp3) is 0.333. The number of nitrogens with one attached hydrogen (secondary N) is 1. The summed E-state index contributed by atoms with van der Waals surface area (Å²) in [6.45, 7) is 4.78. The molecule has 0 atom stereocenters. The zero-order valence-corrected chi connectivity index (χ0v) is 15.2. The van der Waals surface area contributed by atoms with Crippen LogP contribution >= 0.6 is 0 Å². The molecule has 8 heteroatoms. The number of amides is 1. The van der Waals surface area contributed by atoms with Crippen LogP contribution in [0.5, 0.6) is 0 Å². The minimum absolute atomic E-state index is 0.0867. The largest absolute Gasteiger partial charge is 0.462 e. The topological polar surface area (TPSA) is 102 Å². The Morgan fingerprint density at radius 1 is 1.04 bits per heavy atom. The summed E-state index contributed by atoms with van der Waals surface area (Å²) in [5, 5.41) is 2.63. The molecule has 0 fully saturated rings.